The molecule has 68 valence electrons. The van der Waals surface area contributed by atoms with Crippen LogP contribution in [0.2, 0.25) is 0 Å². The maximum absolute atomic E-state index is 5.69. The molecule has 0 spiro atoms. The van der Waals surface area contributed by atoms with E-state index in [1.807, 2.05) is 29.4 Å². The number of rotatable bonds is 3. The van der Waals surface area contributed by atoms with E-state index in [1.165, 1.54) is 0 Å². The molecule has 0 bridgehead atoms. The van der Waals surface area contributed by atoms with Gasteiger partial charge in [-0.15, -0.1) is 0 Å². The van der Waals surface area contributed by atoms with Crippen LogP contribution >= 0.6 is 11.8 Å². The maximum atomic E-state index is 5.69. The Morgan fingerprint density at radius 1 is 1.75 bits per heavy atom. The summed E-state index contributed by atoms with van der Waals surface area (Å²) in [5, 5.41) is 0.584. The molecule has 0 aliphatic heterocycles. The standard InChI is InChI=1S/C8H15N3S/c1-6-4-11(8(9)10-6)5-7(2)12-3/h4,7H,5H2,1-3H3,(H2,9,10). The van der Waals surface area contributed by atoms with Crippen molar-refractivity contribution in [3.05, 3.63) is 11.9 Å². The van der Waals surface area contributed by atoms with Crippen LogP contribution in [0, 0.1) is 6.92 Å². The third kappa shape index (κ3) is 2.17. The summed E-state index contributed by atoms with van der Waals surface area (Å²) in [7, 11) is 0. The Morgan fingerprint density at radius 2 is 2.42 bits per heavy atom. The smallest absolute Gasteiger partial charge is 0.200 e. The molecule has 0 aromatic carbocycles. The average Bonchev–Trinajstić information content (AvgIpc) is 2.30. The number of aromatic nitrogens is 2. The van der Waals surface area contributed by atoms with Gasteiger partial charge in [-0.25, -0.2) is 4.98 Å². The lowest BCUT2D eigenvalue weighted by atomic mass is 10.4. The summed E-state index contributed by atoms with van der Waals surface area (Å²) in [6.45, 7) is 5.07. The van der Waals surface area contributed by atoms with Crippen molar-refractivity contribution >= 4 is 17.7 Å². The molecule has 1 unspecified atom stereocenters. The van der Waals surface area contributed by atoms with Crippen LogP contribution in [0.15, 0.2) is 6.20 Å². The zero-order chi connectivity index (χ0) is 9.14. The van der Waals surface area contributed by atoms with Crippen LogP contribution < -0.4 is 5.73 Å². The van der Waals surface area contributed by atoms with Crippen molar-refractivity contribution < 1.29 is 0 Å². The molecular formula is C8H15N3S. The zero-order valence-corrected chi connectivity index (χ0v) is 8.56. The van der Waals surface area contributed by atoms with Gasteiger partial charge in [-0.05, 0) is 13.2 Å². The molecule has 1 rings (SSSR count). The van der Waals surface area contributed by atoms with Crippen molar-refractivity contribution in [2.45, 2.75) is 25.6 Å². The van der Waals surface area contributed by atoms with Crippen LogP contribution in [0.1, 0.15) is 12.6 Å². The van der Waals surface area contributed by atoms with E-state index in [0.29, 0.717) is 11.2 Å². The van der Waals surface area contributed by atoms with E-state index in [1.54, 1.807) is 0 Å². The van der Waals surface area contributed by atoms with Crippen LogP contribution in [0.5, 0.6) is 0 Å². The molecule has 0 amide bonds. The molecule has 1 aromatic rings. The summed E-state index contributed by atoms with van der Waals surface area (Å²) >= 11 is 1.83. The topological polar surface area (TPSA) is 43.8 Å². The monoisotopic (exact) mass is 185 g/mol. The van der Waals surface area contributed by atoms with E-state index < -0.39 is 0 Å². The number of nitrogens with two attached hydrogens (primary N) is 1. The normalized spacial score (nSPS) is 13.2. The van der Waals surface area contributed by atoms with Crippen LogP contribution in [-0.4, -0.2) is 21.1 Å². The molecule has 0 aliphatic rings. The van der Waals surface area contributed by atoms with Gasteiger partial charge in [0.15, 0.2) is 5.95 Å². The second-order valence-corrected chi connectivity index (χ2v) is 4.22. The minimum atomic E-state index is 0.584. The maximum Gasteiger partial charge on any atom is 0.200 e. The fraction of sp³-hybridized carbons (Fsp3) is 0.625. The molecule has 2 N–H and O–H groups in total. The Labute approximate surface area is 77.4 Å². The summed E-state index contributed by atoms with van der Waals surface area (Å²) in [4.78, 5) is 4.13. The van der Waals surface area contributed by atoms with Gasteiger partial charge in [0.25, 0.3) is 0 Å². The van der Waals surface area contributed by atoms with E-state index in [2.05, 4.69) is 18.2 Å². The number of hydrogen-bond donors (Lipinski definition) is 1. The molecule has 1 heterocycles. The van der Waals surface area contributed by atoms with Gasteiger partial charge >= 0.3 is 0 Å². The lowest BCUT2D eigenvalue weighted by Crippen LogP contribution is -2.10. The number of nitrogens with zero attached hydrogens (tertiary/aromatic N) is 2. The highest BCUT2D eigenvalue weighted by Crippen LogP contribution is 2.11. The number of imidazole rings is 1. The number of nitrogen functional groups attached to an aromatic ring is 1. The molecule has 0 radical (unpaired) electrons. The highest BCUT2D eigenvalue weighted by Gasteiger charge is 2.04. The highest BCUT2D eigenvalue weighted by molar-refractivity contribution is 7.99. The third-order valence-electron chi connectivity index (χ3n) is 1.78. The van der Waals surface area contributed by atoms with Gasteiger partial charge in [-0.2, -0.15) is 11.8 Å². The summed E-state index contributed by atoms with van der Waals surface area (Å²) in [5.74, 6) is 0.619. The molecule has 0 saturated carbocycles. The molecule has 12 heavy (non-hydrogen) atoms. The fourth-order valence-corrected chi connectivity index (χ4v) is 1.37. The van der Waals surface area contributed by atoms with Crippen LogP contribution in [0.4, 0.5) is 5.95 Å². The molecule has 1 aromatic heterocycles. The fourth-order valence-electron chi connectivity index (χ4n) is 1.06. The summed E-state index contributed by atoms with van der Waals surface area (Å²) < 4.78 is 2.00. The first-order valence-corrected chi connectivity index (χ1v) is 5.24. The van der Waals surface area contributed by atoms with Crippen LogP contribution in [0.3, 0.4) is 0 Å². The Morgan fingerprint density at radius 3 is 2.83 bits per heavy atom. The van der Waals surface area contributed by atoms with Crippen molar-refractivity contribution in [2.75, 3.05) is 12.0 Å². The molecule has 4 heteroatoms. The second-order valence-electron chi connectivity index (χ2n) is 2.94. The first-order valence-electron chi connectivity index (χ1n) is 3.95. The zero-order valence-electron chi connectivity index (χ0n) is 7.74. The Kier molecular flexibility index (Phi) is 3.03. The van der Waals surface area contributed by atoms with E-state index >= 15 is 0 Å². The number of anilines is 1. The molecule has 1 atom stereocenters. The van der Waals surface area contributed by atoms with Crippen LogP contribution in [-0.2, 0) is 6.54 Å². The molecular weight excluding hydrogens is 170 g/mol. The average molecular weight is 185 g/mol. The van der Waals surface area contributed by atoms with E-state index in [4.69, 9.17) is 5.73 Å². The van der Waals surface area contributed by atoms with Crippen molar-refractivity contribution in [1.29, 1.82) is 0 Å². The van der Waals surface area contributed by atoms with Crippen molar-refractivity contribution in [2.24, 2.45) is 0 Å². The molecule has 0 aliphatic carbocycles. The lowest BCUT2D eigenvalue weighted by molar-refractivity contribution is 0.701. The predicted octanol–water partition coefficient (Wildman–Crippen LogP) is 1.53. The van der Waals surface area contributed by atoms with Crippen molar-refractivity contribution in [1.82, 2.24) is 9.55 Å². The first kappa shape index (κ1) is 9.45. The number of thioether (sulfide) groups is 1. The number of hydrogen-bond acceptors (Lipinski definition) is 3. The van der Waals surface area contributed by atoms with Gasteiger partial charge in [0.1, 0.15) is 0 Å². The Balaban J connectivity index is 2.68. The van der Waals surface area contributed by atoms with Crippen LogP contribution in [0.25, 0.3) is 0 Å². The number of aryl methyl sites for hydroxylation is 1. The molecule has 0 saturated heterocycles. The van der Waals surface area contributed by atoms with Gasteiger partial charge in [-0.1, -0.05) is 6.92 Å². The highest BCUT2D eigenvalue weighted by atomic mass is 32.2. The van der Waals surface area contributed by atoms with Gasteiger partial charge in [0, 0.05) is 18.0 Å². The van der Waals surface area contributed by atoms with Gasteiger partial charge in [0.2, 0.25) is 0 Å². The quantitative estimate of drug-likeness (QED) is 0.776. The molecule has 0 fully saturated rings. The SMILES string of the molecule is CSC(C)Cn1cc(C)nc1N. The van der Waals surface area contributed by atoms with E-state index in [0.717, 1.165) is 12.2 Å². The van der Waals surface area contributed by atoms with Crippen molar-refractivity contribution in [3.63, 3.8) is 0 Å². The third-order valence-corrected chi connectivity index (χ3v) is 2.74. The minimum Gasteiger partial charge on any atom is -0.369 e. The minimum absolute atomic E-state index is 0.584. The molecule has 3 nitrogen and oxygen atoms in total. The summed E-state index contributed by atoms with van der Waals surface area (Å²) in [6.07, 6.45) is 4.09. The summed E-state index contributed by atoms with van der Waals surface area (Å²) in [5.41, 5.74) is 6.67. The lowest BCUT2D eigenvalue weighted by Gasteiger charge is -2.09. The first-order chi connectivity index (χ1) is 5.63. The van der Waals surface area contributed by atoms with E-state index in [9.17, 15) is 0 Å². The van der Waals surface area contributed by atoms with Gasteiger partial charge < -0.3 is 10.3 Å². The van der Waals surface area contributed by atoms with Gasteiger partial charge in [0.05, 0.1) is 5.69 Å². The second kappa shape index (κ2) is 3.85. The largest absolute Gasteiger partial charge is 0.369 e. The predicted molar refractivity (Wildman–Crippen MR) is 54.4 cm³/mol. The van der Waals surface area contributed by atoms with Gasteiger partial charge in [-0.3, -0.25) is 0 Å². The van der Waals surface area contributed by atoms with Crippen molar-refractivity contribution in [3.8, 4) is 0 Å². The van der Waals surface area contributed by atoms with E-state index in [-0.39, 0.29) is 0 Å². The summed E-state index contributed by atoms with van der Waals surface area (Å²) in [6, 6.07) is 0. The Hall–Kier alpha value is -0.640. The Bertz CT molecular complexity index is 257.